The summed E-state index contributed by atoms with van der Waals surface area (Å²) >= 11 is 0. The highest BCUT2D eigenvalue weighted by Crippen LogP contribution is 2.61. The van der Waals surface area contributed by atoms with Crippen LogP contribution in [0.3, 0.4) is 0 Å². The molecule has 0 heterocycles. The van der Waals surface area contributed by atoms with E-state index in [0.717, 1.165) is 11.1 Å². The minimum absolute atomic E-state index is 0.0291. The van der Waals surface area contributed by atoms with Crippen molar-refractivity contribution in [2.45, 2.75) is 31.1 Å². The Bertz CT molecular complexity index is 989. The second kappa shape index (κ2) is 12.2. The van der Waals surface area contributed by atoms with E-state index in [0.29, 0.717) is 18.4 Å². The molecular weight excluding hydrogens is 474 g/mol. The second-order valence-corrected chi connectivity index (χ2v) is 11.2. The zero-order valence-electron chi connectivity index (χ0n) is 17.6. The van der Waals surface area contributed by atoms with Crippen LogP contribution >= 0.6 is 15.2 Å². The quantitative estimate of drug-likeness (QED) is 0.193. The molecule has 180 valence electrons. The Hall–Kier alpha value is -2.32. The Labute approximate surface area is 190 Å². The van der Waals surface area contributed by atoms with Crippen molar-refractivity contribution < 1.29 is 47.8 Å². The molecule has 0 amide bonds. The molecule has 2 aromatic carbocycles. The normalized spacial score (nSPS) is 11.9. The van der Waals surface area contributed by atoms with Gasteiger partial charge in [-0.1, -0.05) is 42.5 Å². The third-order valence-electron chi connectivity index (χ3n) is 4.65. The summed E-state index contributed by atoms with van der Waals surface area (Å²) in [5.41, 5.74) is 2.42. The van der Waals surface area contributed by atoms with Crippen LogP contribution in [0.1, 0.15) is 36.0 Å². The van der Waals surface area contributed by atoms with Gasteiger partial charge in [-0.25, -0.2) is 4.79 Å². The molecule has 10 nitrogen and oxygen atoms in total. The van der Waals surface area contributed by atoms with Crippen LogP contribution in [0.15, 0.2) is 54.6 Å². The van der Waals surface area contributed by atoms with Crippen LogP contribution in [0.25, 0.3) is 11.1 Å². The third-order valence-corrected chi connectivity index (χ3v) is 8.52. The monoisotopic (exact) mass is 500 g/mol. The SMILES string of the molecule is O=C(CCC(P(=O)(O)O)P(=O)(O)O)OCCCCOC(=O)c1ccc(-c2ccccc2)cc1. The first-order valence-electron chi connectivity index (χ1n) is 10.1. The fourth-order valence-corrected chi connectivity index (χ4v) is 5.42. The van der Waals surface area contributed by atoms with Crippen LogP contribution in [-0.4, -0.2) is 50.1 Å². The van der Waals surface area contributed by atoms with Gasteiger partial charge < -0.3 is 29.0 Å². The van der Waals surface area contributed by atoms with Crippen molar-refractivity contribution in [2.24, 2.45) is 0 Å². The fraction of sp³-hybridized carbons (Fsp3) is 0.333. The summed E-state index contributed by atoms with van der Waals surface area (Å²) in [5.74, 6) is -1.31. The minimum atomic E-state index is -5.07. The van der Waals surface area contributed by atoms with E-state index in [1.54, 1.807) is 12.1 Å². The lowest BCUT2D eigenvalue weighted by molar-refractivity contribution is -0.143. The topological polar surface area (TPSA) is 168 Å². The highest BCUT2D eigenvalue weighted by atomic mass is 31.2. The van der Waals surface area contributed by atoms with Gasteiger partial charge in [-0.05, 0) is 42.5 Å². The van der Waals surface area contributed by atoms with Gasteiger partial charge in [0.2, 0.25) is 0 Å². The zero-order chi connectivity index (χ0) is 24.5. The lowest BCUT2D eigenvalue weighted by Crippen LogP contribution is -2.14. The Morgan fingerprint density at radius 2 is 1.27 bits per heavy atom. The van der Waals surface area contributed by atoms with Gasteiger partial charge in [-0.3, -0.25) is 13.9 Å². The smallest absolute Gasteiger partial charge is 0.340 e. The summed E-state index contributed by atoms with van der Waals surface area (Å²) in [7, 11) is -10.1. The molecule has 0 saturated heterocycles. The molecule has 0 atom stereocenters. The number of unbranched alkanes of at least 4 members (excludes halogenated alkanes) is 1. The first-order chi connectivity index (χ1) is 15.5. The van der Waals surface area contributed by atoms with Crippen molar-refractivity contribution >= 4 is 27.1 Å². The molecule has 0 radical (unpaired) electrons. The number of rotatable bonds is 12. The molecule has 12 heteroatoms. The van der Waals surface area contributed by atoms with E-state index in [1.165, 1.54) is 0 Å². The van der Waals surface area contributed by atoms with Gasteiger partial charge in [0.05, 0.1) is 18.8 Å². The number of esters is 2. The molecule has 4 N–H and O–H groups in total. The van der Waals surface area contributed by atoms with Crippen molar-refractivity contribution in [1.29, 1.82) is 0 Å². The largest absolute Gasteiger partial charge is 0.466 e. The number of hydrogen-bond acceptors (Lipinski definition) is 6. The van der Waals surface area contributed by atoms with Crippen molar-refractivity contribution in [2.75, 3.05) is 13.2 Å². The predicted molar refractivity (Wildman–Crippen MR) is 119 cm³/mol. The average molecular weight is 500 g/mol. The van der Waals surface area contributed by atoms with Gasteiger partial charge in [-0.2, -0.15) is 0 Å². The lowest BCUT2D eigenvalue weighted by atomic mass is 10.0. The van der Waals surface area contributed by atoms with Gasteiger partial charge in [0, 0.05) is 6.42 Å². The summed E-state index contributed by atoms with van der Waals surface area (Å²) in [5, 5.41) is -2.24. The Morgan fingerprint density at radius 1 is 0.758 bits per heavy atom. The predicted octanol–water partition coefficient (Wildman–Crippen LogP) is 3.30. The molecule has 0 aliphatic heterocycles. The van der Waals surface area contributed by atoms with Crippen molar-refractivity contribution in [3.63, 3.8) is 0 Å². The van der Waals surface area contributed by atoms with E-state index in [2.05, 4.69) is 0 Å². The van der Waals surface area contributed by atoms with E-state index in [9.17, 15) is 18.7 Å². The summed E-state index contributed by atoms with van der Waals surface area (Å²) in [4.78, 5) is 59.8. The zero-order valence-corrected chi connectivity index (χ0v) is 19.4. The van der Waals surface area contributed by atoms with E-state index < -0.39 is 45.4 Å². The maximum Gasteiger partial charge on any atom is 0.340 e. The molecule has 0 aliphatic carbocycles. The van der Waals surface area contributed by atoms with Crippen molar-refractivity contribution in [3.8, 4) is 11.1 Å². The van der Waals surface area contributed by atoms with Gasteiger partial charge in [-0.15, -0.1) is 0 Å². The fourth-order valence-electron chi connectivity index (χ4n) is 2.92. The van der Waals surface area contributed by atoms with Crippen LogP contribution in [0, 0.1) is 0 Å². The molecule has 0 spiro atoms. The number of ether oxygens (including phenoxy) is 2. The summed E-state index contributed by atoms with van der Waals surface area (Å²) in [6, 6.07) is 16.7. The van der Waals surface area contributed by atoms with Crippen LogP contribution in [0.2, 0.25) is 0 Å². The molecule has 2 aromatic rings. The van der Waals surface area contributed by atoms with Gasteiger partial charge in [0.15, 0.2) is 5.40 Å². The Balaban J connectivity index is 1.65. The van der Waals surface area contributed by atoms with Crippen LogP contribution in [-0.2, 0) is 23.4 Å². The lowest BCUT2D eigenvalue weighted by Gasteiger charge is -2.18. The summed E-state index contributed by atoms with van der Waals surface area (Å²) in [6.45, 7) is 0.0773. The maximum absolute atomic E-state index is 12.1. The Morgan fingerprint density at radius 3 is 1.82 bits per heavy atom. The average Bonchev–Trinajstić information content (AvgIpc) is 2.75. The highest BCUT2D eigenvalue weighted by molar-refractivity contribution is 7.70. The third kappa shape index (κ3) is 9.21. The molecule has 2 rings (SSSR count). The molecular formula is C21H26O10P2. The molecule has 0 bridgehead atoms. The van der Waals surface area contributed by atoms with Gasteiger partial charge in [0.25, 0.3) is 0 Å². The van der Waals surface area contributed by atoms with E-state index in [4.69, 9.17) is 29.0 Å². The highest BCUT2D eigenvalue weighted by Gasteiger charge is 2.43. The summed E-state index contributed by atoms with van der Waals surface area (Å²) < 4.78 is 32.4. The van der Waals surface area contributed by atoms with Crippen molar-refractivity contribution in [1.82, 2.24) is 0 Å². The Kier molecular flexibility index (Phi) is 9.98. The second-order valence-electron chi connectivity index (χ2n) is 7.20. The minimum Gasteiger partial charge on any atom is -0.466 e. The molecule has 33 heavy (non-hydrogen) atoms. The molecule has 0 aromatic heterocycles. The standard InChI is InChI=1S/C21H26O10P2/c22-19(12-13-20(32(24,25)26)33(27,28)29)30-14-4-5-15-31-21(23)18-10-8-17(9-11-18)16-6-2-1-3-7-16/h1-3,6-11,20H,4-5,12-15H2,(H2,24,25,26)(H2,27,28,29). The first kappa shape index (κ1) is 26.9. The van der Waals surface area contributed by atoms with Gasteiger partial charge >= 0.3 is 27.1 Å². The first-order valence-corrected chi connectivity index (χ1v) is 13.4. The number of carbonyl (C=O) groups is 2. The number of carbonyl (C=O) groups excluding carboxylic acids is 2. The van der Waals surface area contributed by atoms with E-state index in [1.807, 2.05) is 42.5 Å². The molecule has 0 unspecified atom stereocenters. The molecule has 0 fully saturated rings. The molecule has 0 aliphatic rings. The van der Waals surface area contributed by atoms with Crippen LogP contribution < -0.4 is 0 Å². The van der Waals surface area contributed by atoms with E-state index in [-0.39, 0.29) is 13.2 Å². The van der Waals surface area contributed by atoms with Crippen molar-refractivity contribution in [3.05, 3.63) is 60.2 Å². The summed E-state index contributed by atoms with van der Waals surface area (Å²) in [6.07, 6.45) is -0.468. The number of hydrogen-bond donors (Lipinski definition) is 4. The van der Waals surface area contributed by atoms with Gasteiger partial charge in [0.1, 0.15) is 0 Å². The van der Waals surface area contributed by atoms with E-state index >= 15 is 0 Å². The van der Waals surface area contributed by atoms with Crippen LogP contribution in [0.5, 0.6) is 0 Å². The number of benzene rings is 2. The van der Waals surface area contributed by atoms with Crippen LogP contribution in [0.4, 0.5) is 0 Å². The maximum atomic E-state index is 12.1. The molecule has 0 saturated carbocycles.